The van der Waals surface area contributed by atoms with Gasteiger partial charge < -0.3 is 14.9 Å². The molecule has 3 heterocycles. The number of H-pyrrole nitrogens is 2. The molecule has 3 aromatic rings. The highest BCUT2D eigenvalue weighted by molar-refractivity contribution is 6.30. The number of aromatic nitrogens is 3. The van der Waals surface area contributed by atoms with E-state index in [1.54, 1.807) is 4.90 Å². The predicted molar refractivity (Wildman–Crippen MR) is 101 cm³/mol. The molecule has 1 aliphatic rings. The molecule has 1 aliphatic heterocycles. The quantitative estimate of drug-likeness (QED) is 0.726. The molecule has 134 valence electrons. The van der Waals surface area contributed by atoms with E-state index in [-0.39, 0.29) is 17.4 Å². The molecule has 0 bridgehead atoms. The molecule has 0 aliphatic carbocycles. The summed E-state index contributed by atoms with van der Waals surface area (Å²) in [5.74, 6) is 0.984. The topological polar surface area (TPSA) is 81.9 Å². The van der Waals surface area contributed by atoms with Gasteiger partial charge in [-0.25, -0.2) is 4.98 Å². The van der Waals surface area contributed by atoms with E-state index < -0.39 is 5.56 Å². The number of hydrogen-bond acceptors (Lipinski definition) is 3. The predicted octanol–water partition coefficient (Wildman–Crippen LogP) is 3.23. The molecule has 4 rings (SSSR count). The molecule has 2 N–H and O–H groups in total. The molecule has 1 aromatic carbocycles. The smallest absolute Gasteiger partial charge is 0.260 e. The van der Waals surface area contributed by atoms with E-state index in [9.17, 15) is 9.59 Å². The van der Waals surface area contributed by atoms with Crippen molar-refractivity contribution >= 4 is 28.5 Å². The van der Waals surface area contributed by atoms with Crippen molar-refractivity contribution in [3.8, 4) is 0 Å². The van der Waals surface area contributed by atoms with Gasteiger partial charge in [-0.15, -0.1) is 0 Å². The van der Waals surface area contributed by atoms with Gasteiger partial charge in [0.05, 0.1) is 16.1 Å². The third kappa shape index (κ3) is 3.01. The number of fused-ring (bicyclic) bond motifs is 1. The Balaban J connectivity index is 1.49. The third-order valence-corrected chi connectivity index (χ3v) is 5.22. The van der Waals surface area contributed by atoms with Crippen molar-refractivity contribution in [1.82, 2.24) is 19.9 Å². The molecule has 0 atom stereocenters. The number of piperidine rings is 1. The first-order valence-corrected chi connectivity index (χ1v) is 9.03. The van der Waals surface area contributed by atoms with Crippen LogP contribution in [0.4, 0.5) is 0 Å². The van der Waals surface area contributed by atoms with E-state index >= 15 is 0 Å². The molecular formula is C19H19ClN4O2. The number of likely N-dealkylation sites (tertiary alicyclic amines) is 1. The number of nitrogens with one attached hydrogen (secondary N) is 2. The lowest BCUT2D eigenvalue weighted by Crippen LogP contribution is -2.40. The molecule has 1 amide bonds. The number of para-hydroxylation sites is 1. The summed E-state index contributed by atoms with van der Waals surface area (Å²) in [7, 11) is 0. The Morgan fingerprint density at radius 3 is 2.81 bits per heavy atom. The van der Waals surface area contributed by atoms with Crippen molar-refractivity contribution in [2.75, 3.05) is 13.1 Å². The summed E-state index contributed by atoms with van der Waals surface area (Å²) in [5.41, 5.74) is 2.89. The minimum Gasteiger partial charge on any atom is -0.342 e. The number of rotatable bonds is 2. The Hall–Kier alpha value is -2.60. The van der Waals surface area contributed by atoms with Crippen LogP contribution in [0.1, 0.15) is 40.5 Å². The van der Waals surface area contributed by atoms with E-state index in [1.165, 1.54) is 12.3 Å². The van der Waals surface area contributed by atoms with Crippen LogP contribution in [0.15, 0.2) is 35.3 Å². The van der Waals surface area contributed by atoms with Crippen molar-refractivity contribution in [3.63, 3.8) is 0 Å². The zero-order valence-electron chi connectivity index (χ0n) is 14.4. The summed E-state index contributed by atoms with van der Waals surface area (Å²) >= 11 is 5.90. The fourth-order valence-corrected chi connectivity index (χ4v) is 3.69. The normalized spacial score (nSPS) is 15.5. The molecular weight excluding hydrogens is 352 g/mol. The van der Waals surface area contributed by atoms with Crippen LogP contribution in [-0.4, -0.2) is 38.8 Å². The first-order chi connectivity index (χ1) is 12.5. The number of imidazole rings is 1. The average molecular weight is 371 g/mol. The number of amides is 1. The van der Waals surface area contributed by atoms with Crippen molar-refractivity contribution in [3.05, 3.63) is 62.8 Å². The van der Waals surface area contributed by atoms with E-state index in [4.69, 9.17) is 16.6 Å². The lowest BCUT2D eigenvalue weighted by molar-refractivity contribution is 0.0709. The van der Waals surface area contributed by atoms with Gasteiger partial charge in [0.15, 0.2) is 0 Å². The summed E-state index contributed by atoms with van der Waals surface area (Å²) in [4.78, 5) is 36.9. The van der Waals surface area contributed by atoms with Crippen molar-refractivity contribution in [1.29, 1.82) is 0 Å². The summed E-state index contributed by atoms with van der Waals surface area (Å²) in [5, 5.41) is 0.348. The number of aryl methyl sites for hydroxylation is 1. The second kappa shape index (κ2) is 6.61. The van der Waals surface area contributed by atoms with Gasteiger partial charge in [0, 0.05) is 25.2 Å². The first kappa shape index (κ1) is 16.8. The molecule has 0 spiro atoms. The van der Waals surface area contributed by atoms with Crippen LogP contribution in [0.3, 0.4) is 0 Å². The molecule has 6 nitrogen and oxygen atoms in total. The van der Waals surface area contributed by atoms with Crippen LogP contribution in [0.5, 0.6) is 0 Å². The number of nitrogens with zero attached hydrogens (tertiary/aromatic N) is 2. The van der Waals surface area contributed by atoms with Crippen LogP contribution in [0.2, 0.25) is 5.02 Å². The number of halogens is 1. The maximum absolute atomic E-state index is 12.6. The molecule has 0 saturated carbocycles. The Morgan fingerprint density at radius 1 is 1.31 bits per heavy atom. The molecule has 7 heteroatoms. The van der Waals surface area contributed by atoms with Crippen molar-refractivity contribution in [2.24, 2.45) is 0 Å². The molecule has 1 fully saturated rings. The molecule has 1 saturated heterocycles. The van der Waals surface area contributed by atoms with Gasteiger partial charge in [-0.2, -0.15) is 0 Å². The average Bonchev–Trinajstić information content (AvgIpc) is 3.09. The van der Waals surface area contributed by atoms with Crippen molar-refractivity contribution < 1.29 is 4.79 Å². The highest BCUT2D eigenvalue weighted by Crippen LogP contribution is 2.29. The Labute approximate surface area is 155 Å². The third-order valence-electron chi connectivity index (χ3n) is 5.00. The van der Waals surface area contributed by atoms with E-state index in [0.717, 1.165) is 35.3 Å². The maximum atomic E-state index is 12.6. The SMILES string of the molecule is Cc1cccc2[nH]c(C3CCN(C(=O)c4cc(Cl)c[nH]c4=O)CC3)nc12. The minimum atomic E-state index is -0.408. The molecule has 26 heavy (non-hydrogen) atoms. The van der Waals surface area contributed by atoms with Gasteiger partial charge in [0.1, 0.15) is 11.4 Å². The van der Waals surface area contributed by atoms with Crippen LogP contribution in [0.25, 0.3) is 11.0 Å². The maximum Gasteiger partial charge on any atom is 0.260 e. The van der Waals surface area contributed by atoms with Crippen LogP contribution < -0.4 is 5.56 Å². The summed E-state index contributed by atoms with van der Waals surface area (Å²) in [6.45, 7) is 3.23. The fourth-order valence-electron chi connectivity index (χ4n) is 3.53. The number of carbonyl (C=O) groups excluding carboxylic acids is 1. The Bertz CT molecular complexity index is 1030. The lowest BCUT2D eigenvalue weighted by Gasteiger charge is -2.31. The summed E-state index contributed by atoms with van der Waals surface area (Å²) in [6.07, 6.45) is 3.00. The van der Waals surface area contributed by atoms with E-state index in [1.807, 2.05) is 12.1 Å². The largest absolute Gasteiger partial charge is 0.342 e. The van der Waals surface area contributed by atoms with Crippen LogP contribution in [0, 0.1) is 6.92 Å². The monoisotopic (exact) mass is 370 g/mol. The highest BCUT2D eigenvalue weighted by Gasteiger charge is 2.27. The second-order valence-corrected chi connectivity index (χ2v) is 7.16. The fraction of sp³-hybridized carbons (Fsp3) is 0.316. The van der Waals surface area contributed by atoms with Gasteiger partial charge in [-0.1, -0.05) is 23.7 Å². The zero-order chi connectivity index (χ0) is 18.3. The molecule has 0 unspecified atom stereocenters. The standard InChI is InChI=1S/C19H19ClN4O2/c1-11-3-2-4-15-16(11)23-17(22-15)12-5-7-24(8-6-12)19(26)14-9-13(20)10-21-18(14)25/h2-4,9-10,12H,5-8H2,1H3,(H,21,25)(H,22,23). The number of carbonyl (C=O) groups is 1. The number of pyridine rings is 1. The lowest BCUT2D eigenvalue weighted by atomic mass is 9.95. The highest BCUT2D eigenvalue weighted by atomic mass is 35.5. The number of benzene rings is 1. The molecule has 0 radical (unpaired) electrons. The second-order valence-electron chi connectivity index (χ2n) is 6.72. The Morgan fingerprint density at radius 2 is 2.08 bits per heavy atom. The number of hydrogen-bond donors (Lipinski definition) is 2. The van der Waals surface area contributed by atoms with Crippen molar-refractivity contribution in [2.45, 2.75) is 25.7 Å². The van der Waals surface area contributed by atoms with Gasteiger partial charge in [0.2, 0.25) is 0 Å². The van der Waals surface area contributed by atoms with Crippen LogP contribution >= 0.6 is 11.6 Å². The first-order valence-electron chi connectivity index (χ1n) is 8.65. The Kier molecular flexibility index (Phi) is 4.28. The summed E-state index contributed by atoms with van der Waals surface area (Å²) < 4.78 is 0. The molecule has 2 aromatic heterocycles. The van der Waals surface area contributed by atoms with E-state index in [2.05, 4.69) is 23.0 Å². The van der Waals surface area contributed by atoms with Gasteiger partial charge in [0.25, 0.3) is 11.5 Å². The van der Waals surface area contributed by atoms with Gasteiger partial charge in [-0.3, -0.25) is 9.59 Å². The minimum absolute atomic E-state index is 0.0929. The number of aromatic amines is 2. The van der Waals surface area contributed by atoms with Gasteiger partial charge >= 0.3 is 0 Å². The summed E-state index contributed by atoms with van der Waals surface area (Å²) in [6, 6.07) is 7.53. The zero-order valence-corrected chi connectivity index (χ0v) is 15.1. The van der Waals surface area contributed by atoms with Gasteiger partial charge in [-0.05, 0) is 37.5 Å². The van der Waals surface area contributed by atoms with E-state index in [0.29, 0.717) is 18.1 Å². The van der Waals surface area contributed by atoms with Crippen LogP contribution in [-0.2, 0) is 0 Å².